The molecule has 0 spiro atoms. The van der Waals surface area contributed by atoms with Crippen molar-refractivity contribution < 1.29 is 8.42 Å². The summed E-state index contributed by atoms with van der Waals surface area (Å²) in [6.07, 6.45) is 9.18. The van der Waals surface area contributed by atoms with Crippen molar-refractivity contribution in [2.45, 2.75) is 50.5 Å². The molecule has 5 fully saturated rings. The third-order valence-electron chi connectivity index (χ3n) is 7.83. The molecule has 3 saturated heterocycles. The molecule has 10 heteroatoms. The lowest BCUT2D eigenvalue weighted by molar-refractivity contribution is 0.114. The molecule has 0 aromatic carbocycles. The van der Waals surface area contributed by atoms with Gasteiger partial charge in [-0.05, 0) is 31.7 Å². The fourth-order valence-electron chi connectivity index (χ4n) is 6.11. The maximum absolute atomic E-state index is 11.7. The zero-order valence-corrected chi connectivity index (χ0v) is 19.1. The number of H-pyrrole nitrogens is 1. The number of hydrogen-bond acceptors (Lipinski definition) is 8. The first-order valence-electron chi connectivity index (χ1n) is 11.8. The molecule has 3 aliphatic heterocycles. The second kappa shape index (κ2) is 7.69. The van der Waals surface area contributed by atoms with Gasteiger partial charge in [0.1, 0.15) is 5.82 Å². The molecule has 172 valence electrons. The molecule has 2 N–H and O–H groups in total. The van der Waals surface area contributed by atoms with Gasteiger partial charge in [-0.2, -0.15) is 10.1 Å². The van der Waals surface area contributed by atoms with Crippen LogP contribution in [0.3, 0.4) is 0 Å². The molecule has 32 heavy (non-hydrogen) atoms. The number of hydrogen-bond donors (Lipinski definition) is 2. The number of nitrogens with zero attached hydrogens (tertiary/aromatic N) is 5. The van der Waals surface area contributed by atoms with E-state index in [0.717, 1.165) is 43.5 Å². The minimum absolute atomic E-state index is 0.247. The van der Waals surface area contributed by atoms with Gasteiger partial charge in [-0.1, -0.05) is 12.8 Å². The Morgan fingerprint density at radius 1 is 1.16 bits per heavy atom. The van der Waals surface area contributed by atoms with Crippen molar-refractivity contribution in [3.8, 4) is 0 Å². The number of aromatic amines is 1. The fourth-order valence-corrected chi connectivity index (χ4v) is 7.39. The van der Waals surface area contributed by atoms with E-state index in [2.05, 4.69) is 36.4 Å². The predicted octanol–water partition coefficient (Wildman–Crippen LogP) is 2.30. The zero-order valence-electron chi connectivity index (χ0n) is 18.3. The molecule has 0 unspecified atom stereocenters. The highest BCUT2D eigenvalue weighted by atomic mass is 32.2. The van der Waals surface area contributed by atoms with Gasteiger partial charge in [0.25, 0.3) is 0 Å². The third kappa shape index (κ3) is 3.87. The molecule has 0 amide bonds. The first-order chi connectivity index (χ1) is 15.5. The van der Waals surface area contributed by atoms with Crippen LogP contribution >= 0.6 is 0 Å². The topological polar surface area (TPSA) is 107 Å². The Bertz CT molecular complexity index is 1080. The van der Waals surface area contributed by atoms with Crippen molar-refractivity contribution in [1.29, 1.82) is 0 Å². The zero-order chi connectivity index (χ0) is 21.8. The van der Waals surface area contributed by atoms with Gasteiger partial charge in [-0.15, -0.1) is 0 Å². The number of aromatic nitrogens is 4. The molecular weight excluding hydrogens is 426 g/mol. The first-order valence-corrected chi connectivity index (χ1v) is 13.6. The monoisotopic (exact) mass is 457 g/mol. The lowest BCUT2D eigenvalue weighted by atomic mass is 9.70. The van der Waals surface area contributed by atoms with Crippen LogP contribution in [0.15, 0.2) is 18.3 Å². The van der Waals surface area contributed by atoms with Crippen molar-refractivity contribution in [2.24, 2.45) is 5.41 Å². The van der Waals surface area contributed by atoms with Gasteiger partial charge in [0.05, 0.1) is 11.5 Å². The Hall–Kier alpha value is -2.20. The Labute approximate surface area is 188 Å². The maximum atomic E-state index is 11.7. The summed E-state index contributed by atoms with van der Waals surface area (Å²) in [6, 6.07) is 4.48. The Balaban J connectivity index is 1.10. The van der Waals surface area contributed by atoms with Crippen LogP contribution in [0, 0.1) is 5.41 Å². The smallest absolute Gasteiger partial charge is 0.227 e. The van der Waals surface area contributed by atoms with Gasteiger partial charge in [0.2, 0.25) is 5.95 Å². The van der Waals surface area contributed by atoms with Crippen molar-refractivity contribution in [2.75, 3.05) is 47.9 Å². The highest BCUT2D eigenvalue weighted by molar-refractivity contribution is 7.91. The molecule has 0 atom stereocenters. The molecular formula is C22H31N7O2S. The summed E-state index contributed by atoms with van der Waals surface area (Å²) in [7, 11) is -2.83. The number of rotatable bonds is 6. The van der Waals surface area contributed by atoms with Gasteiger partial charge in [-0.3, -0.25) is 5.10 Å². The minimum atomic E-state index is -2.83. The summed E-state index contributed by atoms with van der Waals surface area (Å²) in [5.74, 6) is 3.53. The van der Waals surface area contributed by atoms with E-state index < -0.39 is 9.84 Å². The standard InChI is InChI=1S/C22H31N7O2S/c30-32(31)9-7-28(8-10-32)14-22-12-17(13-22)29(15-22)21-23-6-5-19(25-21)24-20-11-18(26-27-20)16-3-1-2-4-16/h5-6,11,16-17H,1-4,7-10,12-15H2,(H2,23,24,25,26,27). The molecule has 2 saturated carbocycles. The second-order valence-electron chi connectivity index (χ2n) is 10.2. The highest BCUT2D eigenvalue weighted by Crippen LogP contribution is 2.53. The van der Waals surface area contributed by atoms with E-state index in [1.807, 2.05) is 12.3 Å². The summed E-state index contributed by atoms with van der Waals surface area (Å²) < 4.78 is 23.5. The largest absolute Gasteiger partial charge is 0.337 e. The molecule has 5 aliphatic rings. The van der Waals surface area contributed by atoms with Crippen LogP contribution in [0.2, 0.25) is 0 Å². The Morgan fingerprint density at radius 3 is 2.72 bits per heavy atom. The van der Waals surface area contributed by atoms with E-state index in [0.29, 0.717) is 36.6 Å². The molecule has 7 rings (SSSR count). The lowest BCUT2D eigenvalue weighted by Gasteiger charge is -2.41. The van der Waals surface area contributed by atoms with Gasteiger partial charge in [0, 0.05) is 61.5 Å². The van der Waals surface area contributed by atoms with Crippen LogP contribution in [-0.4, -0.2) is 77.2 Å². The van der Waals surface area contributed by atoms with Crippen LogP contribution in [0.4, 0.5) is 17.6 Å². The summed E-state index contributed by atoms with van der Waals surface area (Å²) in [6.45, 7) is 3.25. The van der Waals surface area contributed by atoms with Gasteiger partial charge in [0.15, 0.2) is 15.7 Å². The molecule has 0 radical (unpaired) electrons. The number of anilines is 3. The van der Waals surface area contributed by atoms with Crippen LogP contribution in [-0.2, 0) is 9.84 Å². The summed E-state index contributed by atoms with van der Waals surface area (Å²) in [4.78, 5) is 14.0. The van der Waals surface area contributed by atoms with E-state index in [1.165, 1.54) is 31.4 Å². The normalized spacial score (nSPS) is 29.9. The Kier molecular flexibility index (Phi) is 4.90. The SMILES string of the molecule is O=S1(=O)CCN(CC23CC(C2)N(c2nccc(Nc4cc(C5CCCC5)[nH]n4)n2)C3)CC1. The van der Waals surface area contributed by atoms with Gasteiger partial charge < -0.3 is 15.1 Å². The minimum Gasteiger partial charge on any atom is -0.337 e. The molecule has 2 aliphatic carbocycles. The van der Waals surface area contributed by atoms with E-state index in [-0.39, 0.29) is 5.41 Å². The molecule has 2 aromatic rings. The fraction of sp³-hybridized carbons (Fsp3) is 0.682. The van der Waals surface area contributed by atoms with Crippen molar-refractivity contribution >= 4 is 27.4 Å². The number of sulfone groups is 1. The van der Waals surface area contributed by atoms with Crippen LogP contribution < -0.4 is 10.2 Å². The highest BCUT2D eigenvalue weighted by Gasteiger charge is 2.56. The van der Waals surface area contributed by atoms with E-state index >= 15 is 0 Å². The summed E-state index contributed by atoms with van der Waals surface area (Å²) in [5, 5.41) is 11.0. The van der Waals surface area contributed by atoms with Crippen molar-refractivity contribution in [3.05, 3.63) is 24.0 Å². The van der Waals surface area contributed by atoms with Crippen molar-refractivity contribution in [3.63, 3.8) is 0 Å². The summed E-state index contributed by atoms with van der Waals surface area (Å²) in [5.41, 5.74) is 1.46. The van der Waals surface area contributed by atoms with Gasteiger partial charge in [-0.25, -0.2) is 13.4 Å². The second-order valence-corrected chi connectivity index (χ2v) is 12.5. The summed E-state index contributed by atoms with van der Waals surface area (Å²) >= 11 is 0. The number of fused-ring (bicyclic) bond motifs is 1. The third-order valence-corrected chi connectivity index (χ3v) is 9.44. The molecule has 2 bridgehead atoms. The molecule has 5 heterocycles. The Morgan fingerprint density at radius 2 is 1.94 bits per heavy atom. The van der Waals surface area contributed by atoms with Crippen LogP contribution in [0.1, 0.15) is 50.1 Å². The van der Waals surface area contributed by atoms with Crippen LogP contribution in [0.5, 0.6) is 0 Å². The van der Waals surface area contributed by atoms with Crippen molar-refractivity contribution in [1.82, 2.24) is 25.1 Å². The van der Waals surface area contributed by atoms with Gasteiger partial charge >= 0.3 is 0 Å². The van der Waals surface area contributed by atoms with E-state index in [1.54, 1.807) is 0 Å². The lowest BCUT2D eigenvalue weighted by Crippen LogP contribution is -2.49. The average Bonchev–Trinajstić information content (AvgIpc) is 3.53. The average molecular weight is 458 g/mol. The van der Waals surface area contributed by atoms with E-state index in [9.17, 15) is 8.42 Å². The molecule has 2 aromatic heterocycles. The van der Waals surface area contributed by atoms with Crippen LogP contribution in [0.25, 0.3) is 0 Å². The van der Waals surface area contributed by atoms with E-state index in [4.69, 9.17) is 4.98 Å². The first kappa shape index (κ1) is 20.4. The number of nitrogens with one attached hydrogen (secondary N) is 2. The molecule has 9 nitrogen and oxygen atoms in total. The quantitative estimate of drug-likeness (QED) is 0.681. The maximum Gasteiger partial charge on any atom is 0.227 e. The predicted molar refractivity (Wildman–Crippen MR) is 123 cm³/mol.